The molecule has 2 unspecified atom stereocenters. The van der Waals surface area contributed by atoms with Gasteiger partial charge >= 0.3 is 19.7 Å². The molecule has 2 N–H and O–H groups in total. The van der Waals surface area contributed by atoms with Gasteiger partial charge in [-0.1, -0.05) is 6.07 Å². The summed E-state index contributed by atoms with van der Waals surface area (Å²) in [5, 5.41) is 0. The van der Waals surface area contributed by atoms with E-state index in [0.717, 1.165) is 18.9 Å². The number of phosphoric ester groups is 1. The van der Waals surface area contributed by atoms with Crippen LogP contribution in [-0.2, 0) is 28.0 Å². The third-order valence-electron chi connectivity index (χ3n) is 7.40. The summed E-state index contributed by atoms with van der Waals surface area (Å²) in [4.78, 5) is 76.4. The second-order valence-corrected chi connectivity index (χ2v) is 11.5. The van der Waals surface area contributed by atoms with Gasteiger partial charge in [0.05, 0.1) is 12.0 Å². The monoisotopic (exact) mass is 653 g/mol. The highest BCUT2D eigenvalue weighted by Crippen LogP contribution is 2.37. The Kier molecular flexibility index (Phi) is 8.39. The van der Waals surface area contributed by atoms with Crippen LogP contribution in [0.1, 0.15) is 25.8 Å². The van der Waals surface area contributed by atoms with Crippen LogP contribution in [0.3, 0.4) is 0 Å². The molecule has 1 fully saturated rings. The predicted molar refractivity (Wildman–Crippen MR) is 152 cm³/mol. The van der Waals surface area contributed by atoms with Gasteiger partial charge in [0.2, 0.25) is 5.95 Å². The molecule has 5 rings (SSSR count). The zero-order valence-electron chi connectivity index (χ0n) is 24.0. The molecular formula is C25H27F3N9O7P. The normalized spacial score (nSPS) is 16.4. The minimum atomic E-state index is -5.08. The molecule has 0 bridgehead atoms. The number of carbonyl (C=O) groups excluding carboxylic acids is 1. The molecule has 0 aromatic carbocycles. The van der Waals surface area contributed by atoms with Gasteiger partial charge in [0.25, 0.3) is 11.5 Å². The minimum Gasteiger partial charge on any atom is -0.329 e. The zero-order valence-corrected chi connectivity index (χ0v) is 24.9. The van der Waals surface area contributed by atoms with Gasteiger partial charge in [-0.3, -0.25) is 28.1 Å². The lowest BCUT2D eigenvalue weighted by molar-refractivity contribution is -0.146. The lowest BCUT2D eigenvalue weighted by atomic mass is 10.2. The van der Waals surface area contributed by atoms with Crippen LogP contribution in [-0.4, -0.2) is 74.8 Å². The first-order valence-electron chi connectivity index (χ1n) is 13.4. The Bertz CT molecular complexity index is 1920. The van der Waals surface area contributed by atoms with Gasteiger partial charge in [-0.15, -0.1) is 0 Å². The Hall–Kier alpha value is -4.45. The van der Waals surface area contributed by atoms with Crippen molar-refractivity contribution in [3.63, 3.8) is 0 Å². The van der Waals surface area contributed by atoms with Gasteiger partial charge in [0.1, 0.15) is 24.6 Å². The smallest absolute Gasteiger partial charge is 0.329 e. The van der Waals surface area contributed by atoms with Gasteiger partial charge in [-0.2, -0.15) is 13.2 Å². The molecule has 16 nitrogen and oxygen atoms in total. The molecule has 0 saturated carbocycles. The number of halogens is 3. The number of alkyl halides is 3. The van der Waals surface area contributed by atoms with Crippen LogP contribution in [0.4, 0.5) is 24.9 Å². The molecule has 5 heterocycles. The molecule has 1 saturated heterocycles. The molecular weight excluding hydrogens is 626 g/mol. The average Bonchev–Trinajstić information content (AvgIpc) is 3.67. The first kappa shape index (κ1) is 32.0. The topological polar surface area (TPSA) is 191 Å². The zero-order chi connectivity index (χ0) is 32.8. The summed E-state index contributed by atoms with van der Waals surface area (Å²) in [5.74, 6) is -1.04. The molecule has 240 valence electrons. The van der Waals surface area contributed by atoms with Crippen molar-refractivity contribution in [1.82, 2.24) is 33.6 Å². The average molecular weight is 654 g/mol. The van der Waals surface area contributed by atoms with Crippen molar-refractivity contribution < 1.29 is 36.8 Å². The lowest BCUT2D eigenvalue weighted by Crippen LogP contribution is -2.42. The highest BCUT2D eigenvalue weighted by atomic mass is 31.2. The van der Waals surface area contributed by atoms with Crippen LogP contribution in [0, 0.1) is 0 Å². The fraction of sp³-hybridized carbons (Fsp3) is 0.400. The van der Waals surface area contributed by atoms with Gasteiger partial charge in [0, 0.05) is 38.6 Å². The van der Waals surface area contributed by atoms with E-state index >= 15 is 0 Å². The molecule has 1 aliphatic heterocycles. The Balaban J connectivity index is 1.48. The number of rotatable bonds is 8. The number of carbonyl (C=O) groups is 1. The first-order chi connectivity index (χ1) is 21.1. The number of aromatic nitrogens is 7. The number of pyridine rings is 1. The van der Waals surface area contributed by atoms with E-state index < -0.39 is 50.0 Å². The van der Waals surface area contributed by atoms with Crippen molar-refractivity contribution in [2.75, 3.05) is 23.1 Å². The van der Waals surface area contributed by atoms with E-state index in [-0.39, 0.29) is 47.2 Å². The molecule has 45 heavy (non-hydrogen) atoms. The first-order valence-corrected chi connectivity index (χ1v) is 14.9. The summed E-state index contributed by atoms with van der Waals surface area (Å²) in [6.07, 6.45) is -0.443. The Morgan fingerprint density at radius 3 is 2.49 bits per heavy atom. The summed E-state index contributed by atoms with van der Waals surface area (Å²) in [6.45, 7) is 0.596. The largest absolute Gasteiger partial charge is 0.471 e. The van der Waals surface area contributed by atoms with E-state index in [1.54, 1.807) is 0 Å². The van der Waals surface area contributed by atoms with E-state index in [2.05, 4.69) is 24.5 Å². The molecule has 0 spiro atoms. The van der Waals surface area contributed by atoms with E-state index in [1.165, 1.54) is 62.5 Å². The van der Waals surface area contributed by atoms with Crippen molar-refractivity contribution in [3.8, 4) is 11.3 Å². The highest BCUT2D eigenvalue weighted by molar-refractivity contribution is 7.46. The molecule has 0 aliphatic carbocycles. The van der Waals surface area contributed by atoms with Crippen molar-refractivity contribution >= 4 is 36.7 Å². The number of aryl methyl sites for hydroxylation is 1. The van der Waals surface area contributed by atoms with Crippen LogP contribution >= 0.6 is 7.82 Å². The number of hydrogen-bond acceptors (Lipinski definition) is 10. The molecule has 2 atom stereocenters. The Morgan fingerprint density at radius 2 is 1.84 bits per heavy atom. The summed E-state index contributed by atoms with van der Waals surface area (Å²) in [5.41, 5.74) is -0.939. The maximum absolute atomic E-state index is 13.8. The summed E-state index contributed by atoms with van der Waals surface area (Å²) < 4.78 is 59.6. The molecule has 4 aromatic rings. The van der Waals surface area contributed by atoms with Crippen molar-refractivity contribution in [2.45, 2.75) is 38.0 Å². The minimum absolute atomic E-state index is 0.0137. The van der Waals surface area contributed by atoms with Crippen molar-refractivity contribution in [3.05, 3.63) is 57.8 Å². The van der Waals surface area contributed by atoms with Gasteiger partial charge < -0.3 is 19.3 Å². The fourth-order valence-corrected chi connectivity index (χ4v) is 5.33. The Labute approximate surface area is 251 Å². The van der Waals surface area contributed by atoms with Gasteiger partial charge in [-0.05, 0) is 31.9 Å². The number of anilines is 2. The second-order valence-electron chi connectivity index (χ2n) is 10.3. The third-order valence-corrected chi connectivity index (χ3v) is 7.85. The maximum atomic E-state index is 13.8. The number of fused-ring (bicyclic) bond motifs is 1. The highest BCUT2D eigenvalue weighted by Gasteiger charge is 2.46. The van der Waals surface area contributed by atoms with Crippen LogP contribution in [0.15, 0.2) is 46.5 Å². The molecule has 4 aromatic heterocycles. The van der Waals surface area contributed by atoms with Gasteiger partial charge in [0.15, 0.2) is 11.2 Å². The fourth-order valence-electron chi connectivity index (χ4n) is 5.06. The SMILES string of the molecule is CC(C(=O)N(COP(=O)(O)O)c1cccc(-c2cnc(N3CCCC3C(F)(F)F)nc2)n1)n1cnc2c1c(=O)n(C)c(=O)n2C. The number of nitrogens with zero attached hydrogens (tertiary/aromatic N) is 9. The lowest BCUT2D eigenvalue weighted by Gasteiger charge is -2.26. The number of imidazole rings is 1. The summed E-state index contributed by atoms with van der Waals surface area (Å²) in [7, 11) is -2.41. The van der Waals surface area contributed by atoms with E-state index in [4.69, 9.17) is 0 Å². The van der Waals surface area contributed by atoms with Crippen LogP contribution in [0.25, 0.3) is 22.4 Å². The Morgan fingerprint density at radius 1 is 1.16 bits per heavy atom. The summed E-state index contributed by atoms with van der Waals surface area (Å²) in [6, 6.07) is 1.44. The van der Waals surface area contributed by atoms with Crippen LogP contribution in [0.5, 0.6) is 0 Å². The number of phosphoric acid groups is 1. The third kappa shape index (κ3) is 6.24. The molecule has 1 amide bonds. The molecule has 1 aliphatic rings. The standard InChI is InChI=1S/C25H27F3N9O7P/c1-14(36-12-31-20-19(36)22(39)34(3)24(40)33(20)2)21(38)37(13-44-45(41,42)43)18-8-4-6-16(32-18)15-10-29-23(30-11-15)35-9-5-7-17(35)25(26,27)28/h4,6,8,10-12,14,17H,5,7,9,13H2,1-3H3,(H2,41,42,43). The maximum Gasteiger partial charge on any atom is 0.471 e. The molecule has 20 heteroatoms. The quantitative estimate of drug-likeness (QED) is 0.206. The van der Waals surface area contributed by atoms with E-state index in [1.807, 2.05) is 0 Å². The van der Waals surface area contributed by atoms with E-state index in [9.17, 15) is 41.9 Å². The number of hydrogen-bond donors (Lipinski definition) is 2. The van der Waals surface area contributed by atoms with Gasteiger partial charge in [-0.25, -0.2) is 29.3 Å². The van der Waals surface area contributed by atoms with Crippen LogP contribution < -0.4 is 21.0 Å². The van der Waals surface area contributed by atoms with Crippen molar-refractivity contribution in [2.24, 2.45) is 14.1 Å². The molecule has 0 radical (unpaired) electrons. The number of amides is 1. The second kappa shape index (κ2) is 11.8. The van der Waals surface area contributed by atoms with Crippen LogP contribution in [0.2, 0.25) is 0 Å². The van der Waals surface area contributed by atoms with E-state index in [0.29, 0.717) is 6.42 Å². The summed E-state index contributed by atoms with van der Waals surface area (Å²) >= 11 is 0. The van der Waals surface area contributed by atoms with Crippen molar-refractivity contribution in [1.29, 1.82) is 0 Å². The predicted octanol–water partition coefficient (Wildman–Crippen LogP) is 1.48.